The summed E-state index contributed by atoms with van der Waals surface area (Å²) < 4.78 is 27.8. The molecule has 2 saturated carbocycles. The maximum atomic E-state index is 12.5. The zero-order valence-electron chi connectivity index (χ0n) is 15.5. The van der Waals surface area contributed by atoms with Gasteiger partial charge in [0.25, 0.3) is 0 Å². The molecule has 0 aliphatic heterocycles. The smallest absolute Gasteiger partial charge is 0.215 e. The minimum atomic E-state index is -3.39. The second kappa shape index (κ2) is 9.00. The van der Waals surface area contributed by atoms with Gasteiger partial charge in [0.05, 0.1) is 18.0 Å². The molecule has 0 spiro atoms. The molecule has 144 valence electrons. The molecule has 2 fully saturated rings. The van der Waals surface area contributed by atoms with Crippen LogP contribution in [0.1, 0.15) is 69.8 Å². The highest BCUT2D eigenvalue weighted by molar-refractivity contribution is 7.88. The van der Waals surface area contributed by atoms with Gasteiger partial charge in [0.15, 0.2) is 5.60 Å². The standard InChI is InChI=1S/C20H30N2O3S/c23-26(24,16-18-10-4-1-5-11-18)21-17-20(14-8-3-9-15-20)25-22-19-12-6-2-7-13-19/h1,4-5,10-11,21H,2-3,6-9,12-17H2. The molecule has 1 aromatic rings. The minimum absolute atomic E-state index is 0.00155. The van der Waals surface area contributed by atoms with Crippen molar-refractivity contribution in [3.63, 3.8) is 0 Å². The van der Waals surface area contributed by atoms with E-state index in [1.807, 2.05) is 30.3 Å². The molecule has 6 heteroatoms. The van der Waals surface area contributed by atoms with Crippen molar-refractivity contribution in [1.29, 1.82) is 0 Å². The number of sulfonamides is 1. The molecule has 5 nitrogen and oxygen atoms in total. The molecule has 0 saturated heterocycles. The summed E-state index contributed by atoms with van der Waals surface area (Å²) in [5.41, 5.74) is 1.43. The van der Waals surface area contributed by atoms with E-state index >= 15 is 0 Å². The van der Waals surface area contributed by atoms with Crippen LogP contribution in [0, 0.1) is 0 Å². The molecule has 0 heterocycles. The van der Waals surface area contributed by atoms with Crippen LogP contribution in [0.15, 0.2) is 35.5 Å². The van der Waals surface area contributed by atoms with E-state index in [4.69, 9.17) is 4.84 Å². The van der Waals surface area contributed by atoms with E-state index in [9.17, 15) is 8.42 Å². The Balaban J connectivity index is 1.62. The van der Waals surface area contributed by atoms with E-state index in [2.05, 4.69) is 9.88 Å². The van der Waals surface area contributed by atoms with Crippen molar-refractivity contribution >= 4 is 15.7 Å². The zero-order valence-corrected chi connectivity index (χ0v) is 16.3. The number of nitrogens with zero attached hydrogens (tertiary/aromatic N) is 1. The Kier molecular flexibility index (Phi) is 6.70. The van der Waals surface area contributed by atoms with Gasteiger partial charge in [0.1, 0.15) is 0 Å². The molecule has 0 amide bonds. The fraction of sp³-hybridized carbons (Fsp3) is 0.650. The first-order chi connectivity index (χ1) is 12.6. The summed E-state index contributed by atoms with van der Waals surface area (Å²) in [5, 5.41) is 4.45. The molecule has 3 rings (SSSR count). The third-order valence-electron chi connectivity index (χ3n) is 5.38. The molecule has 1 aromatic carbocycles. The first-order valence-corrected chi connectivity index (χ1v) is 11.5. The fourth-order valence-electron chi connectivity index (χ4n) is 3.80. The van der Waals surface area contributed by atoms with Crippen LogP contribution in [-0.4, -0.2) is 26.3 Å². The van der Waals surface area contributed by atoms with Crippen molar-refractivity contribution in [2.75, 3.05) is 6.54 Å². The van der Waals surface area contributed by atoms with Gasteiger partial charge in [-0.15, -0.1) is 0 Å². The predicted octanol–water partition coefficient (Wildman–Crippen LogP) is 4.15. The molecular weight excluding hydrogens is 348 g/mol. The maximum Gasteiger partial charge on any atom is 0.215 e. The molecule has 2 aliphatic rings. The van der Waals surface area contributed by atoms with Crippen LogP contribution in [-0.2, 0) is 20.6 Å². The molecular formula is C20H30N2O3S. The lowest BCUT2D eigenvalue weighted by Gasteiger charge is -2.35. The lowest BCUT2D eigenvalue weighted by Crippen LogP contribution is -2.46. The highest BCUT2D eigenvalue weighted by Gasteiger charge is 2.36. The van der Waals surface area contributed by atoms with Gasteiger partial charge in [-0.05, 0) is 56.9 Å². The van der Waals surface area contributed by atoms with E-state index in [1.54, 1.807) is 0 Å². The van der Waals surface area contributed by atoms with Gasteiger partial charge in [-0.3, -0.25) is 0 Å². The predicted molar refractivity (Wildman–Crippen MR) is 104 cm³/mol. The van der Waals surface area contributed by atoms with E-state index in [-0.39, 0.29) is 5.75 Å². The monoisotopic (exact) mass is 378 g/mol. The normalized spacial score (nSPS) is 20.5. The lowest BCUT2D eigenvalue weighted by atomic mass is 9.85. The Labute approximate surface area is 157 Å². The highest BCUT2D eigenvalue weighted by Crippen LogP contribution is 2.32. The van der Waals surface area contributed by atoms with Gasteiger partial charge in [-0.25, -0.2) is 13.1 Å². The summed E-state index contributed by atoms with van der Waals surface area (Å²) in [6.07, 6.45) is 10.7. The van der Waals surface area contributed by atoms with E-state index in [0.717, 1.165) is 49.8 Å². The first-order valence-electron chi connectivity index (χ1n) is 9.82. The van der Waals surface area contributed by atoms with E-state index < -0.39 is 15.6 Å². The second-order valence-electron chi connectivity index (χ2n) is 7.62. The molecule has 2 aliphatic carbocycles. The van der Waals surface area contributed by atoms with Crippen molar-refractivity contribution < 1.29 is 13.3 Å². The van der Waals surface area contributed by atoms with Gasteiger partial charge in [0.2, 0.25) is 10.0 Å². The summed E-state index contributed by atoms with van der Waals surface area (Å²) in [6.45, 7) is 0.305. The van der Waals surface area contributed by atoms with Gasteiger partial charge in [-0.2, -0.15) is 0 Å². The van der Waals surface area contributed by atoms with Crippen molar-refractivity contribution in [2.24, 2.45) is 5.16 Å². The van der Waals surface area contributed by atoms with Gasteiger partial charge < -0.3 is 4.84 Å². The van der Waals surface area contributed by atoms with Crippen molar-refractivity contribution in [3.8, 4) is 0 Å². The number of hydrogen-bond donors (Lipinski definition) is 1. The summed E-state index contributed by atoms with van der Waals surface area (Å²) in [5.74, 6) is -0.00155. The Morgan fingerprint density at radius 2 is 1.62 bits per heavy atom. The van der Waals surface area contributed by atoms with Crippen LogP contribution in [0.4, 0.5) is 0 Å². The lowest BCUT2D eigenvalue weighted by molar-refractivity contribution is -0.0642. The number of nitrogens with one attached hydrogen (secondary N) is 1. The maximum absolute atomic E-state index is 12.5. The van der Waals surface area contributed by atoms with Crippen LogP contribution >= 0.6 is 0 Å². The van der Waals surface area contributed by atoms with E-state index in [0.29, 0.717) is 6.54 Å². The van der Waals surface area contributed by atoms with Crippen LogP contribution in [0.2, 0.25) is 0 Å². The third-order valence-corrected chi connectivity index (χ3v) is 6.68. The molecule has 0 unspecified atom stereocenters. The average Bonchev–Trinajstić information content (AvgIpc) is 2.67. The summed E-state index contributed by atoms with van der Waals surface area (Å²) in [4.78, 5) is 6.02. The highest BCUT2D eigenvalue weighted by atomic mass is 32.2. The second-order valence-corrected chi connectivity index (χ2v) is 9.43. The van der Waals surface area contributed by atoms with Gasteiger partial charge in [-0.1, -0.05) is 48.3 Å². The summed E-state index contributed by atoms with van der Waals surface area (Å²) in [7, 11) is -3.39. The molecule has 0 aromatic heterocycles. The largest absolute Gasteiger partial charge is 0.388 e. The fourth-order valence-corrected chi connectivity index (χ4v) is 5.01. The number of oxime groups is 1. The van der Waals surface area contributed by atoms with Crippen LogP contribution in [0.25, 0.3) is 0 Å². The topological polar surface area (TPSA) is 67.8 Å². The Hall–Kier alpha value is -1.40. The molecule has 26 heavy (non-hydrogen) atoms. The zero-order chi connectivity index (χ0) is 18.3. The van der Waals surface area contributed by atoms with Crippen molar-refractivity contribution in [1.82, 2.24) is 4.72 Å². The SMILES string of the molecule is O=S(=O)(Cc1ccccc1)NCC1(ON=C2CCCCC2)CCCCC1. The van der Waals surface area contributed by atoms with Gasteiger partial charge in [0, 0.05) is 0 Å². The summed E-state index contributed by atoms with van der Waals surface area (Å²) >= 11 is 0. The van der Waals surface area contributed by atoms with E-state index in [1.165, 1.54) is 25.7 Å². The van der Waals surface area contributed by atoms with Crippen molar-refractivity contribution in [3.05, 3.63) is 35.9 Å². The number of hydrogen-bond acceptors (Lipinski definition) is 4. The molecule has 0 atom stereocenters. The van der Waals surface area contributed by atoms with Crippen molar-refractivity contribution in [2.45, 2.75) is 75.6 Å². The quantitative estimate of drug-likeness (QED) is 0.725. The average molecular weight is 379 g/mol. The number of rotatable bonds is 7. The van der Waals surface area contributed by atoms with Crippen LogP contribution in [0.3, 0.4) is 0 Å². The van der Waals surface area contributed by atoms with Crippen LogP contribution in [0.5, 0.6) is 0 Å². The van der Waals surface area contributed by atoms with Crippen LogP contribution < -0.4 is 4.72 Å². The molecule has 0 bridgehead atoms. The first kappa shape index (κ1) is 19.4. The third kappa shape index (κ3) is 5.81. The molecule has 1 N–H and O–H groups in total. The Bertz CT molecular complexity index is 687. The summed E-state index contributed by atoms with van der Waals surface area (Å²) in [6, 6.07) is 9.27. The minimum Gasteiger partial charge on any atom is -0.388 e. The Morgan fingerprint density at radius 1 is 0.962 bits per heavy atom. The number of benzene rings is 1. The van der Waals surface area contributed by atoms with Gasteiger partial charge >= 0.3 is 0 Å². The Morgan fingerprint density at radius 3 is 2.31 bits per heavy atom. The molecule has 0 radical (unpaired) electrons.